The van der Waals surface area contributed by atoms with E-state index in [0.29, 0.717) is 11.8 Å². The van der Waals surface area contributed by atoms with Crippen molar-refractivity contribution in [1.29, 1.82) is 0 Å². The van der Waals surface area contributed by atoms with Crippen molar-refractivity contribution in [2.75, 3.05) is 32.7 Å². The van der Waals surface area contributed by atoms with Crippen LogP contribution in [0.4, 0.5) is 0 Å². The van der Waals surface area contributed by atoms with Gasteiger partial charge in [0.25, 0.3) is 0 Å². The number of carboxylic acids is 1. The predicted octanol–water partition coefficient (Wildman–Crippen LogP) is 4.50. The molecule has 2 aliphatic heterocycles. The van der Waals surface area contributed by atoms with E-state index >= 15 is 0 Å². The third-order valence-electron chi connectivity index (χ3n) is 7.99. The van der Waals surface area contributed by atoms with Gasteiger partial charge in [0.15, 0.2) is 0 Å². The number of carbonyl (C=O) groups is 1. The van der Waals surface area contributed by atoms with Crippen LogP contribution in [-0.2, 0) is 11.3 Å². The van der Waals surface area contributed by atoms with Gasteiger partial charge in [-0.05, 0) is 88.2 Å². The number of aliphatic carboxylic acids is 1. The van der Waals surface area contributed by atoms with E-state index in [1.165, 1.54) is 60.7 Å². The van der Waals surface area contributed by atoms with E-state index in [0.717, 1.165) is 51.5 Å². The highest BCUT2D eigenvalue weighted by Crippen LogP contribution is 2.35. The zero-order valence-electron chi connectivity index (χ0n) is 19.7. The molecule has 0 unspecified atom stereocenters. The monoisotopic (exact) mass is 450 g/mol. The summed E-state index contributed by atoms with van der Waals surface area (Å²) in [5.74, 6) is 1.10. The summed E-state index contributed by atoms with van der Waals surface area (Å²) >= 11 is 0. The Labute approximate surface area is 197 Å². The van der Waals surface area contributed by atoms with Crippen molar-refractivity contribution in [2.45, 2.75) is 63.8 Å². The highest BCUT2D eigenvalue weighted by atomic mass is 16.4. The average molecular weight is 451 g/mol. The highest BCUT2D eigenvalue weighted by molar-refractivity contribution is 5.85. The first-order chi connectivity index (χ1) is 16.2. The van der Waals surface area contributed by atoms with E-state index in [9.17, 15) is 4.79 Å². The molecule has 33 heavy (non-hydrogen) atoms. The molecule has 0 atom stereocenters. The van der Waals surface area contributed by atoms with Gasteiger partial charge in [-0.1, -0.05) is 37.1 Å². The van der Waals surface area contributed by atoms with Crippen LogP contribution < -0.4 is 5.32 Å². The molecule has 6 nitrogen and oxygen atoms in total. The summed E-state index contributed by atoms with van der Waals surface area (Å²) in [6.45, 7) is 5.09. The number of hydrogen-bond donors (Lipinski definition) is 2. The lowest BCUT2D eigenvalue weighted by molar-refractivity contribution is -0.138. The fraction of sp³-hybridized carbons (Fsp3) is 0.630. The summed E-state index contributed by atoms with van der Waals surface area (Å²) < 4.78 is 2.30. The molecule has 1 aromatic carbocycles. The second-order valence-corrected chi connectivity index (χ2v) is 10.4. The van der Waals surface area contributed by atoms with Gasteiger partial charge >= 0.3 is 5.97 Å². The summed E-state index contributed by atoms with van der Waals surface area (Å²) in [5.41, 5.74) is 3.78. The van der Waals surface area contributed by atoms with Crippen molar-refractivity contribution in [3.8, 4) is 0 Å². The zero-order chi connectivity index (χ0) is 22.6. The molecule has 1 saturated carbocycles. The molecule has 178 valence electrons. The fourth-order valence-corrected chi connectivity index (χ4v) is 6.04. The number of likely N-dealkylation sites (tertiary alicyclic amines) is 1. The minimum atomic E-state index is -0.732. The lowest BCUT2D eigenvalue weighted by Gasteiger charge is -2.30. The van der Waals surface area contributed by atoms with Gasteiger partial charge in [0, 0.05) is 17.8 Å². The molecule has 0 radical (unpaired) electrons. The van der Waals surface area contributed by atoms with Gasteiger partial charge in [-0.2, -0.15) is 5.10 Å². The van der Waals surface area contributed by atoms with Crippen LogP contribution in [-0.4, -0.2) is 58.5 Å². The Morgan fingerprint density at radius 3 is 2.58 bits per heavy atom. The van der Waals surface area contributed by atoms with Gasteiger partial charge in [0.1, 0.15) is 0 Å². The van der Waals surface area contributed by atoms with E-state index in [4.69, 9.17) is 10.2 Å². The minimum absolute atomic E-state index is 0.149. The molecule has 2 aromatic rings. The van der Waals surface area contributed by atoms with Crippen molar-refractivity contribution in [3.63, 3.8) is 0 Å². The second kappa shape index (κ2) is 10.4. The molecular formula is C27H38N4O2. The van der Waals surface area contributed by atoms with Gasteiger partial charge in [-0.15, -0.1) is 0 Å². The molecular weight excluding hydrogens is 412 g/mol. The van der Waals surface area contributed by atoms with E-state index in [1.54, 1.807) is 0 Å². The number of nitrogens with zero attached hydrogens (tertiary/aromatic N) is 3. The van der Waals surface area contributed by atoms with E-state index in [1.807, 2.05) is 0 Å². The molecule has 3 heterocycles. The summed E-state index contributed by atoms with van der Waals surface area (Å²) in [5, 5.41) is 19.1. The minimum Gasteiger partial charge on any atom is -0.480 e. The molecule has 2 N–H and O–H groups in total. The van der Waals surface area contributed by atoms with E-state index < -0.39 is 5.97 Å². The van der Waals surface area contributed by atoms with Gasteiger partial charge in [-0.25, -0.2) is 0 Å². The third-order valence-corrected chi connectivity index (χ3v) is 7.99. The Morgan fingerprint density at radius 2 is 1.85 bits per heavy atom. The first kappa shape index (κ1) is 22.6. The maximum Gasteiger partial charge on any atom is 0.317 e. The fourth-order valence-electron chi connectivity index (χ4n) is 6.04. The topological polar surface area (TPSA) is 70.4 Å². The number of allylic oxidation sites excluding steroid dienone is 1. The van der Waals surface area contributed by atoms with Crippen LogP contribution in [0.25, 0.3) is 17.0 Å². The van der Waals surface area contributed by atoms with Crippen LogP contribution in [0.2, 0.25) is 0 Å². The van der Waals surface area contributed by atoms with Crippen LogP contribution in [0, 0.1) is 11.8 Å². The zero-order valence-corrected chi connectivity index (χ0v) is 19.7. The maximum atomic E-state index is 11.1. The van der Waals surface area contributed by atoms with Gasteiger partial charge in [-0.3, -0.25) is 14.4 Å². The number of fused-ring (bicyclic) bond motifs is 1. The quantitative estimate of drug-likeness (QED) is 0.650. The molecule has 3 fully saturated rings. The molecule has 0 bridgehead atoms. The molecule has 5 rings (SSSR count). The number of rotatable bonds is 7. The summed E-state index contributed by atoms with van der Waals surface area (Å²) in [6.07, 6.45) is 14.5. The number of benzene rings is 1. The lowest BCUT2D eigenvalue weighted by Crippen LogP contribution is -2.36. The average Bonchev–Trinajstić information content (AvgIpc) is 3.47. The van der Waals surface area contributed by atoms with E-state index in [-0.39, 0.29) is 6.54 Å². The van der Waals surface area contributed by atoms with Crippen LogP contribution in [0.1, 0.15) is 68.5 Å². The number of piperidine rings is 2. The SMILES string of the molecule is O=C(O)CN1CCC(c2nn(CC3CCCC3)c3cc(C=CC4CCNCC4)ccc23)CC1. The predicted molar refractivity (Wildman–Crippen MR) is 132 cm³/mol. The Bertz CT molecular complexity index is 977. The third kappa shape index (κ3) is 5.49. The van der Waals surface area contributed by atoms with Crippen LogP contribution >= 0.6 is 0 Å². The molecule has 0 spiro atoms. The van der Waals surface area contributed by atoms with Crippen molar-refractivity contribution in [1.82, 2.24) is 20.0 Å². The highest BCUT2D eigenvalue weighted by Gasteiger charge is 2.27. The number of aromatic nitrogens is 2. The Hall–Kier alpha value is -2.18. The second-order valence-electron chi connectivity index (χ2n) is 10.4. The normalized spacial score (nSPS) is 22.1. The Balaban J connectivity index is 1.39. The molecule has 0 amide bonds. The summed E-state index contributed by atoms with van der Waals surface area (Å²) in [6, 6.07) is 6.89. The van der Waals surface area contributed by atoms with Gasteiger partial charge < -0.3 is 10.4 Å². The Morgan fingerprint density at radius 1 is 1.09 bits per heavy atom. The van der Waals surface area contributed by atoms with Gasteiger partial charge in [0.05, 0.1) is 17.8 Å². The first-order valence-corrected chi connectivity index (χ1v) is 13.0. The smallest absolute Gasteiger partial charge is 0.317 e. The largest absolute Gasteiger partial charge is 0.480 e. The molecule has 2 saturated heterocycles. The standard InChI is InChI=1S/C27H38N4O2/c32-26(33)19-30-15-11-23(12-16-30)27-24-8-7-21(6-5-20-9-13-28-14-10-20)17-25(24)31(29-27)18-22-3-1-2-4-22/h5-8,17,20,22-23,28H,1-4,9-16,18-19H2,(H,32,33). The number of hydrogen-bond acceptors (Lipinski definition) is 4. The summed E-state index contributed by atoms with van der Waals surface area (Å²) in [4.78, 5) is 13.1. The van der Waals surface area contributed by atoms with Crippen molar-refractivity contribution < 1.29 is 9.90 Å². The number of nitrogens with one attached hydrogen (secondary N) is 1. The van der Waals surface area contributed by atoms with Crippen molar-refractivity contribution in [3.05, 3.63) is 35.5 Å². The summed E-state index contributed by atoms with van der Waals surface area (Å²) in [7, 11) is 0. The van der Waals surface area contributed by atoms with Crippen LogP contribution in [0.15, 0.2) is 24.3 Å². The van der Waals surface area contributed by atoms with Crippen LogP contribution in [0.3, 0.4) is 0 Å². The van der Waals surface area contributed by atoms with Gasteiger partial charge in [0.2, 0.25) is 0 Å². The van der Waals surface area contributed by atoms with Crippen molar-refractivity contribution in [2.24, 2.45) is 11.8 Å². The lowest BCUT2D eigenvalue weighted by atomic mass is 9.91. The van der Waals surface area contributed by atoms with Crippen molar-refractivity contribution >= 4 is 22.9 Å². The molecule has 1 aromatic heterocycles. The maximum absolute atomic E-state index is 11.1. The first-order valence-electron chi connectivity index (χ1n) is 13.0. The van der Waals surface area contributed by atoms with Crippen LogP contribution in [0.5, 0.6) is 0 Å². The van der Waals surface area contributed by atoms with E-state index in [2.05, 4.69) is 45.2 Å². The molecule has 3 aliphatic rings. The number of carboxylic acid groups (broad SMARTS) is 1. The molecule has 6 heteroatoms. The Kier molecular flexibility index (Phi) is 7.12. The molecule has 1 aliphatic carbocycles.